The minimum atomic E-state index is -0.966. The first-order valence-electron chi connectivity index (χ1n) is 9.90. The van der Waals surface area contributed by atoms with Gasteiger partial charge in [-0.25, -0.2) is 4.79 Å². The van der Waals surface area contributed by atoms with E-state index in [1.807, 2.05) is 39.0 Å². The molecule has 6 heteroatoms. The number of carboxylic acids is 1. The zero-order chi connectivity index (χ0) is 22.4. The Hall–Kier alpha value is -3.31. The Morgan fingerprint density at radius 3 is 2.45 bits per heavy atom. The highest BCUT2D eigenvalue weighted by Crippen LogP contribution is 2.37. The van der Waals surface area contributed by atoms with E-state index >= 15 is 0 Å². The number of rotatable bonds is 8. The first-order chi connectivity index (χ1) is 14.9. The molecule has 0 saturated heterocycles. The molecule has 5 nitrogen and oxygen atoms in total. The third kappa shape index (κ3) is 5.86. The zero-order valence-electron chi connectivity index (χ0n) is 17.7. The minimum absolute atomic E-state index is 0.226. The number of aryl methyl sites for hydroxylation is 2. The van der Waals surface area contributed by atoms with E-state index in [1.165, 1.54) is 5.56 Å². The molecule has 0 atom stereocenters. The van der Waals surface area contributed by atoms with Gasteiger partial charge in [-0.05, 0) is 67.8 Å². The van der Waals surface area contributed by atoms with Crippen molar-refractivity contribution in [3.8, 4) is 11.5 Å². The van der Waals surface area contributed by atoms with Gasteiger partial charge in [0.15, 0.2) is 11.5 Å². The maximum atomic E-state index is 11.0. The van der Waals surface area contributed by atoms with Crippen molar-refractivity contribution in [1.29, 1.82) is 0 Å². The molecule has 160 valence electrons. The average molecular weight is 438 g/mol. The highest BCUT2D eigenvalue weighted by atomic mass is 35.5. The van der Waals surface area contributed by atoms with E-state index < -0.39 is 5.97 Å². The van der Waals surface area contributed by atoms with E-state index in [0.717, 1.165) is 22.4 Å². The van der Waals surface area contributed by atoms with Crippen LogP contribution in [-0.2, 0) is 6.61 Å². The fraction of sp³-hybridized carbons (Fsp3) is 0.200. The molecule has 0 aliphatic carbocycles. The predicted molar refractivity (Wildman–Crippen MR) is 124 cm³/mol. The highest BCUT2D eigenvalue weighted by molar-refractivity contribution is 6.32. The third-order valence-electron chi connectivity index (χ3n) is 4.62. The van der Waals surface area contributed by atoms with Crippen LogP contribution in [0.2, 0.25) is 5.02 Å². The van der Waals surface area contributed by atoms with Crippen molar-refractivity contribution in [2.45, 2.75) is 27.4 Å². The number of hydrogen-bond donors (Lipinski definition) is 1. The van der Waals surface area contributed by atoms with Gasteiger partial charge in [-0.2, -0.15) is 0 Å². The largest absolute Gasteiger partial charge is 0.490 e. The van der Waals surface area contributed by atoms with Crippen LogP contribution in [0.25, 0.3) is 0 Å². The number of carbonyl (C=O) groups is 1. The Kier molecular flexibility index (Phi) is 7.32. The van der Waals surface area contributed by atoms with E-state index in [9.17, 15) is 4.79 Å². The van der Waals surface area contributed by atoms with Crippen LogP contribution in [0.15, 0.2) is 59.6 Å². The lowest BCUT2D eigenvalue weighted by Crippen LogP contribution is -2.02. The van der Waals surface area contributed by atoms with Crippen LogP contribution in [0.1, 0.15) is 39.5 Å². The summed E-state index contributed by atoms with van der Waals surface area (Å²) in [5.74, 6) is 0.000886. The smallest absolute Gasteiger partial charge is 0.335 e. The van der Waals surface area contributed by atoms with E-state index in [1.54, 1.807) is 36.5 Å². The van der Waals surface area contributed by atoms with Crippen molar-refractivity contribution in [1.82, 2.24) is 0 Å². The SMILES string of the molecule is CCOc1cc(C=Nc2ccc(C)cc2C)cc(Cl)c1OCc1ccc(C(=O)O)cc1. The Morgan fingerprint density at radius 1 is 1.06 bits per heavy atom. The summed E-state index contributed by atoms with van der Waals surface area (Å²) in [5.41, 5.74) is 5.03. The molecule has 31 heavy (non-hydrogen) atoms. The van der Waals surface area contributed by atoms with Gasteiger partial charge in [0, 0.05) is 6.21 Å². The van der Waals surface area contributed by atoms with Gasteiger partial charge in [0.25, 0.3) is 0 Å². The topological polar surface area (TPSA) is 68.1 Å². The van der Waals surface area contributed by atoms with Crippen molar-refractivity contribution in [3.63, 3.8) is 0 Å². The van der Waals surface area contributed by atoms with Gasteiger partial charge in [-0.15, -0.1) is 0 Å². The van der Waals surface area contributed by atoms with Gasteiger partial charge < -0.3 is 14.6 Å². The highest BCUT2D eigenvalue weighted by Gasteiger charge is 2.13. The molecular weight excluding hydrogens is 414 g/mol. The summed E-state index contributed by atoms with van der Waals surface area (Å²) in [5, 5.41) is 9.42. The molecule has 1 N–H and O–H groups in total. The molecule has 0 unspecified atom stereocenters. The van der Waals surface area contributed by atoms with Gasteiger partial charge in [0.2, 0.25) is 0 Å². The number of aliphatic imine (C=N–C) groups is 1. The molecule has 0 saturated carbocycles. The number of hydrogen-bond acceptors (Lipinski definition) is 4. The predicted octanol–water partition coefficient (Wildman–Crippen LogP) is 6.38. The first kappa shape index (κ1) is 22.4. The molecule has 0 spiro atoms. The molecule has 0 heterocycles. The monoisotopic (exact) mass is 437 g/mol. The summed E-state index contributed by atoms with van der Waals surface area (Å²) in [6, 6.07) is 16.2. The Labute approximate surface area is 186 Å². The summed E-state index contributed by atoms with van der Waals surface area (Å²) in [7, 11) is 0. The number of aromatic carboxylic acids is 1. The van der Waals surface area contributed by atoms with E-state index in [2.05, 4.69) is 11.1 Å². The van der Waals surface area contributed by atoms with Gasteiger partial charge in [0.05, 0.1) is 22.9 Å². The van der Waals surface area contributed by atoms with Crippen molar-refractivity contribution in [2.75, 3.05) is 6.61 Å². The normalized spacial score (nSPS) is 11.0. The molecule has 3 aromatic rings. The van der Waals surface area contributed by atoms with Crippen LogP contribution >= 0.6 is 11.6 Å². The maximum Gasteiger partial charge on any atom is 0.335 e. The quantitative estimate of drug-likeness (QED) is 0.415. The number of halogens is 1. The lowest BCUT2D eigenvalue weighted by molar-refractivity contribution is 0.0697. The number of benzene rings is 3. The molecule has 0 aliphatic rings. The van der Waals surface area contributed by atoms with E-state index in [0.29, 0.717) is 23.1 Å². The Bertz CT molecular complexity index is 1110. The van der Waals surface area contributed by atoms with Crippen molar-refractivity contribution in [3.05, 3.63) is 87.4 Å². The summed E-state index contributed by atoms with van der Waals surface area (Å²) in [6.07, 6.45) is 1.75. The molecular formula is C25H24ClNO4. The van der Waals surface area contributed by atoms with Crippen molar-refractivity contribution in [2.24, 2.45) is 4.99 Å². The number of nitrogens with zero attached hydrogens (tertiary/aromatic N) is 1. The van der Waals surface area contributed by atoms with Crippen LogP contribution in [0, 0.1) is 13.8 Å². The lowest BCUT2D eigenvalue weighted by Gasteiger charge is -2.14. The van der Waals surface area contributed by atoms with Gasteiger partial charge in [0.1, 0.15) is 6.61 Å². The Balaban J connectivity index is 1.81. The standard InChI is InChI=1S/C25H24ClNO4/c1-4-30-23-13-19(14-27-22-10-5-16(2)11-17(22)3)12-21(26)24(23)31-15-18-6-8-20(9-7-18)25(28)29/h5-14H,4,15H2,1-3H3,(H,28,29). The van der Waals surface area contributed by atoms with E-state index in [4.69, 9.17) is 26.2 Å². The first-order valence-corrected chi connectivity index (χ1v) is 10.3. The van der Waals surface area contributed by atoms with E-state index in [-0.39, 0.29) is 12.2 Å². The number of ether oxygens (including phenoxy) is 2. The van der Waals surface area contributed by atoms with Gasteiger partial charge in [-0.3, -0.25) is 4.99 Å². The lowest BCUT2D eigenvalue weighted by atomic mass is 10.1. The maximum absolute atomic E-state index is 11.0. The molecule has 0 aromatic heterocycles. The average Bonchev–Trinajstić information content (AvgIpc) is 2.73. The molecule has 0 radical (unpaired) electrons. The molecule has 0 amide bonds. The molecule has 3 rings (SSSR count). The second-order valence-corrected chi connectivity index (χ2v) is 7.51. The third-order valence-corrected chi connectivity index (χ3v) is 4.90. The van der Waals surface area contributed by atoms with Crippen molar-refractivity contribution >= 4 is 29.5 Å². The second kappa shape index (κ2) is 10.1. The van der Waals surface area contributed by atoms with Crippen LogP contribution in [0.5, 0.6) is 11.5 Å². The summed E-state index contributed by atoms with van der Waals surface area (Å²) >= 11 is 6.49. The fourth-order valence-electron chi connectivity index (χ4n) is 3.06. The zero-order valence-corrected chi connectivity index (χ0v) is 18.4. The van der Waals surface area contributed by atoms with Gasteiger partial charge in [-0.1, -0.05) is 41.4 Å². The van der Waals surface area contributed by atoms with Crippen LogP contribution in [-0.4, -0.2) is 23.9 Å². The summed E-state index contributed by atoms with van der Waals surface area (Å²) in [6.45, 7) is 6.65. The second-order valence-electron chi connectivity index (χ2n) is 7.10. The van der Waals surface area contributed by atoms with Crippen molar-refractivity contribution < 1.29 is 19.4 Å². The number of carboxylic acid groups (broad SMARTS) is 1. The Morgan fingerprint density at radius 2 is 1.81 bits per heavy atom. The molecule has 0 fully saturated rings. The van der Waals surface area contributed by atoms with Gasteiger partial charge >= 0.3 is 5.97 Å². The molecule has 0 bridgehead atoms. The molecule has 0 aliphatic heterocycles. The van der Waals surface area contributed by atoms with Crippen LogP contribution in [0.4, 0.5) is 5.69 Å². The minimum Gasteiger partial charge on any atom is -0.490 e. The summed E-state index contributed by atoms with van der Waals surface area (Å²) in [4.78, 5) is 15.6. The van der Waals surface area contributed by atoms with Crippen LogP contribution < -0.4 is 9.47 Å². The fourth-order valence-corrected chi connectivity index (χ4v) is 3.33. The molecule has 3 aromatic carbocycles. The summed E-state index contributed by atoms with van der Waals surface area (Å²) < 4.78 is 11.6. The van der Waals surface area contributed by atoms with Crippen LogP contribution in [0.3, 0.4) is 0 Å².